The zero-order chi connectivity index (χ0) is 18.8. The molecule has 0 bridgehead atoms. The molecule has 0 spiro atoms. The molecule has 4 rings (SSSR count). The number of anilines is 1. The summed E-state index contributed by atoms with van der Waals surface area (Å²) in [6.45, 7) is 4.15. The molecule has 1 N–H and O–H groups in total. The maximum atomic E-state index is 6.14. The van der Waals surface area contributed by atoms with Crippen LogP contribution in [0.2, 0.25) is 5.02 Å². The van der Waals surface area contributed by atoms with Gasteiger partial charge in [0.15, 0.2) is 0 Å². The summed E-state index contributed by atoms with van der Waals surface area (Å²) < 4.78 is 2.17. The maximum Gasteiger partial charge on any atom is 0.146 e. The van der Waals surface area contributed by atoms with E-state index in [1.807, 2.05) is 66.9 Å². The van der Waals surface area contributed by atoms with E-state index < -0.39 is 0 Å². The zero-order valence-electron chi connectivity index (χ0n) is 15.1. The van der Waals surface area contributed by atoms with Crippen LogP contribution in [0.25, 0.3) is 16.6 Å². The fourth-order valence-electron chi connectivity index (χ4n) is 3.23. The highest BCUT2D eigenvalue weighted by atomic mass is 35.5. The number of halogens is 1. The Morgan fingerprint density at radius 3 is 2.70 bits per heavy atom. The lowest BCUT2D eigenvalue weighted by Gasteiger charge is -2.09. The Kier molecular flexibility index (Phi) is 4.65. The van der Waals surface area contributed by atoms with Gasteiger partial charge in [0.05, 0.1) is 11.7 Å². The lowest BCUT2D eigenvalue weighted by molar-refractivity contribution is 0.965. The summed E-state index contributed by atoms with van der Waals surface area (Å²) in [5.41, 5.74) is 8.27. The van der Waals surface area contributed by atoms with Crippen LogP contribution in [0.15, 0.2) is 71.8 Å². The second kappa shape index (κ2) is 7.25. The van der Waals surface area contributed by atoms with Crippen molar-refractivity contribution in [1.82, 2.24) is 9.55 Å². The van der Waals surface area contributed by atoms with E-state index in [1.54, 1.807) is 0 Å². The van der Waals surface area contributed by atoms with Crippen molar-refractivity contribution in [1.29, 1.82) is 0 Å². The number of benzene rings is 2. The first-order valence-electron chi connectivity index (χ1n) is 8.71. The van der Waals surface area contributed by atoms with Crippen LogP contribution in [0.5, 0.6) is 0 Å². The predicted molar refractivity (Wildman–Crippen MR) is 113 cm³/mol. The van der Waals surface area contributed by atoms with Crippen LogP contribution in [0.1, 0.15) is 17.0 Å². The molecule has 27 heavy (non-hydrogen) atoms. The number of hydrazone groups is 1. The van der Waals surface area contributed by atoms with Gasteiger partial charge in [-0.2, -0.15) is 5.10 Å². The summed E-state index contributed by atoms with van der Waals surface area (Å²) >= 11 is 6.14. The number of para-hydroxylation sites is 1. The van der Waals surface area contributed by atoms with E-state index in [9.17, 15) is 0 Å². The molecule has 0 aliphatic carbocycles. The van der Waals surface area contributed by atoms with Gasteiger partial charge in [-0.25, -0.2) is 4.98 Å². The fraction of sp³-hybridized carbons (Fsp3) is 0.0909. The molecule has 134 valence electrons. The standard InChI is InChI=1S/C22H19ClN4/c1-15-12-18(16(2)27(15)20-8-5-7-19(23)13-20)14-24-26-22-11-10-17-6-3-4-9-21(17)25-22/h3-14H,1-2H3,(H,25,26)/b24-14-. The molecular weight excluding hydrogens is 356 g/mol. The Morgan fingerprint density at radius 2 is 1.85 bits per heavy atom. The Labute approximate surface area is 163 Å². The van der Waals surface area contributed by atoms with Crippen LogP contribution in [-0.2, 0) is 0 Å². The van der Waals surface area contributed by atoms with Gasteiger partial charge in [-0.3, -0.25) is 5.43 Å². The Balaban J connectivity index is 1.58. The van der Waals surface area contributed by atoms with Crippen molar-refractivity contribution in [3.63, 3.8) is 0 Å². The number of pyridine rings is 1. The molecule has 0 unspecified atom stereocenters. The van der Waals surface area contributed by atoms with Gasteiger partial charge in [-0.05, 0) is 56.3 Å². The minimum absolute atomic E-state index is 0.716. The van der Waals surface area contributed by atoms with Crippen molar-refractivity contribution in [3.8, 4) is 5.69 Å². The van der Waals surface area contributed by atoms with Crippen molar-refractivity contribution >= 4 is 34.5 Å². The van der Waals surface area contributed by atoms with Crippen LogP contribution >= 0.6 is 11.6 Å². The molecule has 0 aliphatic heterocycles. The summed E-state index contributed by atoms with van der Waals surface area (Å²) in [7, 11) is 0. The first-order chi connectivity index (χ1) is 13.1. The molecular formula is C22H19ClN4. The summed E-state index contributed by atoms with van der Waals surface area (Å²) in [6, 6.07) is 21.9. The molecule has 0 amide bonds. The van der Waals surface area contributed by atoms with Crippen molar-refractivity contribution in [2.45, 2.75) is 13.8 Å². The number of rotatable bonds is 4. The van der Waals surface area contributed by atoms with Gasteiger partial charge in [0, 0.05) is 33.0 Å². The van der Waals surface area contributed by atoms with Crippen LogP contribution in [0, 0.1) is 13.8 Å². The average molecular weight is 375 g/mol. The summed E-state index contributed by atoms with van der Waals surface area (Å²) in [5.74, 6) is 0.716. The Hall–Kier alpha value is -3.11. The maximum absolute atomic E-state index is 6.14. The predicted octanol–water partition coefficient (Wildman–Crippen LogP) is 5.74. The molecule has 0 aliphatic rings. The number of nitrogens with one attached hydrogen (secondary N) is 1. The third kappa shape index (κ3) is 3.57. The van der Waals surface area contributed by atoms with E-state index in [0.717, 1.165) is 38.6 Å². The molecule has 2 aromatic carbocycles. The highest BCUT2D eigenvalue weighted by molar-refractivity contribution is 6.30. The highest BCUT2D eigenvalue weighted by Crippen LogP contribution is 2.22. The van der Waals surface area contributed by atoms with E-state index in [1.165, 1.54) is 0 Å². The van der Waals surface area contributed by atoms with Crippen LogP contribution in [-0.4, -0.2) is 15.8 Å². The first kappa shape index (κ1) is 17.3. The fourth-order valence-corrected chi connectivity index (χ4v) is 3.41. The SMILES string of the molecule is Cc1cc(/C=N\Nc2ccc3ccccc3n2)c(C)n1-c1cccc(Cl)c1. The molecule has 2 heterocycles. The average Bonchev–Trinajstić information content (AvgIpc) is 2.95. The van der Waals surface area contributed by atoms with E-state index in [0.29, 0.717) is 5.82 Å². The molecule has 0 atom stereocenters. The van der Waals surface area contributed by atoms with Gasteiger partial charge in [0.25, 0.3) is 0 Å². The van der Waals surface area contributed by atoms with Crippen molar-refractivity contribution in [3.05, 3.63) is 88.7 Å². The molecule has 4 aromatic rings. The van der Waals surface area contributed by atoms with Gasteiger partial charge in [-0.15, -0.1) is 0 Å². The number of hydrogen-bond acceptors (Lipinski definition) is 3. The van der Waals surface area contributed by atoms with Gasteiger partial charge in [0.2, 0.25) is 0 Å². The van der Waals surface area contributed by atoms with E-state index in [4.69, 9.17) is 11.6 Å². The Bertz CT molecular complexity index is 1140. The van der Waals surface area contributed by atoms with Gasteiger partial charge >= 0.3 is 0 Å². The second-order valence-electron chi connectivity index (χ2n) is 6.40. The van der Waals surface area contributed by atoms with Crippen LogP contribution in [0.3, 0.4) is 0 Å². The smallest absolute Gasteiger partial charge is 0.146 e. The molecule has 0 saturated carbocycles. The quantitative estimate of drug-likeness (QED) is 0.365. The summed E-state index contributed by atoms with van der Waals surface area (Å²) in [4.78, 5) is 4.56. The topological polar surface area (TPSA) is 42.2 Å². The van der Waals surface area contributed by atoms with Gasteiger partial charge in [-0.1, -0.05) is 35.9 Å². The summed E-state index contributed by atoms with van der Waals surface area (Å²) in [6.07, 6.45) is 1.82. The summed E-state index contributed by atoms with van der Waals surface area (Å²) in [5, 5.41) is 6.20. The third-order valence-electron chi connectivity index (χ3n) is 4.52. The molecule has 0 radical (unpaired) electrons. The molecule has 2 aromatic heterocycles. The van der Waals surface area contributed by atoms with E-state index >= 15 is 0 Å². The van der Waals surface area contributed by atoms with E-state index in [2.05, 4.69) is 40.0 Å². The lowest BCUT2D eigenvalue weighted by atomic mass is 10.2. The van der Waals surface area contributed by atoms with E-state index in [-0.39, 0.29) is 0 Å². The number of hydrogen-bond donors (Lipinski definition) is 1. The minimum atomic E-state index is 0.716. The Morgan fingerprint density at radius 1 is 1.00 bits per heavy atom. The van der Waals surface area contributed by atoms with Crippen LogP contribution < -0.4 is 5.43 Å². The molecule has 5 heteroatoms. The number of aromatic nitrogens is 2. The van der Waals surface area contributed by atoms with Gasteiger partial charge in [0.1, 0.15) is 5.82 Å². The molecule has 4 nitrogen and oxygen atoms in total. The molecule has 0 fully saturated rings. The number of nitrogens with zero attached hydrogens (tertiary/aromatic N) is 3. The lowest BCUT2D eigenvalue weighted by Crippen LogP contribution is -2.00. The number of aryl methyl sites for hydroxylation is 1. The zero-order valence-corrected chi connectivity index (χ0v) is 15.9. The van der Waals surface area contributed by atoms with Crippen LogP contribution in [0.4, 0.5) is 5.82 Å². The highest BCUT2D eigenvalue weighted by Gasteiger charge is 2.09. The van der Waals surface area contributed by atoms with Crippen molar-refractivity contribution in [2.75, 3.05) is 5.43 Å². The van der Waals surface area contributed by atoms with Crippen molar-refractivity contribution in [2.24, 2.45) is 5.10 Å². The largest absolute Gasteiger partial charge is 0.318 e. The second-order valence-corrected chi connectivity index (χ2v) is 6.84. The van der Waals surface area contributed by atoms with Crippen molar-refractivity contribution < 1.29 is 0 Å². The normalized spacial score (nSPS) is 11.4. The number of fused-ring (bicyclic) bond motifs is 1. The monoisotopic (exact) mass is 374 g/mol. The first-order valence-corrected chi connectivity index (χ1v) is 9.09. The minimum Gasteiger partial charge on any atom is -0.318 e. The molecule has 0 saturated heterocycles. The van der Waals surface area contributed by atoms with Gasteiger partial charge < -0.3 is 4.57 Å². The third-order valence-corrected chi connectivity index (χ3v) is 4.75.